The molecule has 0 aliphatic rings. The van der Waals surface area contributed by atoms with E-state index < -0.39 is 0 Å². The average Bonchev–Trinajstić information content (AvgIpc) is 0. The Morgan fingerprint density at radius 3 is 1.00 bits per heavy atom. The van der Waals surface area contributed by atoms with Gasteiger partial charge < -0.3 is 0 Å². The number of hydrogen-bond acceptors (Lipinski definition) is 0. The molecule has 0 atom stereocenters. The van der Waals surface area contributed by atoms with Gasteiger partial charge in [0.25, 0.3) is 0 Å². The van der Waals surface area contributed by atoms with Gasteiger partial charge in [0.05, 0.1) is 8.41 Å². The molecule has 0 spiro atoms. The molecule has 0 heterocycles. The van der Waals surface area contributed by atoms with E-state index in [1.54, 1.807) is 0 Å². The van der Waals surface area contributed by atoms with Crippen LogP contribution in [0.5, 0.6) is 0 Å². The van der Waals surface area contributed by atoms with Crippen molar-refractivity contribution in [1.29, 1.82) is 0 Å². The molecule has 0 aromatic carbocycles. The molecule has 0 fully saturated rings. The van der Waals surface area contributed by atoms with Crippen LogP contribution in [0.4, 0.5) is 0 Å². The molecule has 0 amide bonds. The fourth-order valence-corrected chi connectivity index (χ4v) is 0. The monoisotopic (exact) mass is 90.0 g/mol. The predicted molar refractivity (Wildman–Crippen MR) is 34.2 cm³/mol. The molecule has 16 valence electrons. The Morgan fingerprint density at radius 2 is 1.00 bits per heavy atom. The van der Waals surface area contributed by atoms with Gasteiger partial charge >= 0.3 is 79.7 Å². The molecular formula is H8BCaLiMg. The molecule has 0 saturated heterocycles. The van der Waals surface area contributed by atoms with Crippen LogP contribution in [0.1, 0.15) is 0 Å². The molecule has 0 N–H and O–H groups in total. The Bertz CT molecular complexity index is 8.00. The van der Waals surface area contributed by atoms with Gasteiger partial charge in [0.1, 0.15) is 0 Å². The molecule has 0 nitrogen and oxygen atoms in total. The van der Waals surface area contributed by atoms with E-state index in [1.807, 2.05) is 0 Å². The normalized spacial score (nSPS) is 0. The molecule has 0 aliphatic heterocycles. The molecule has 0 aromatic rings. The van der Waals surface area contributed by atoms with Gasteiger partial charge in [-0.3, -0.25) is 0 Å². The van der Waals surface area contributed by atoms with Gasteiger partial charge in [-0.05, 0) is 0 Å². The van der Waals surface area contributed by atoms with E-state index in [0.29, 0.717) is 0 Å². The smallest absolute Gasteiger partial charge is 0.316 e. The summed E-state index contributed by atoms with van der Waals surface area (Å²) in [5, 5.41) is 0. The number of hydrogen-bond donors (Lipinski definition) is 0. The van der Waals surface area contributed by atoms with Crippen molar-refractivity contribution in [3.63, 3.8) is 0 Å². The SMILES string of the molecule is B.[CaH2].[LiH].[MgH2]. The van der Waals surface area contributed by atoms with Gasteiger partial charge in [-0.25, -0.2) is 0 Å². The molecule has 4 heavy (non-hydrogen) atoms. The van der Waals surface area contributed by atoms with Gasteiger partial charge in [0.2, 0.25) is 0 Å². The summed E-state index contributed by atoms with van der Waals surface area (Å²) in [6, 6.07) is 0. The van der Waals surface area contributed by atoms with Gasteiger partial charge in [-0.2, -0.15) is 0 Å². The largest absolute Gasteiger partial charge is 0.316 e. The van der Waals surface area contributed by atoms with E-state index in [-0.39, 0.29) is 88.1 Å². The minimum Gasteiger partial charge on any atom is 0.316 e. The summed E-state index contributed by atoms with van der Waals surface area (Å²) in [5.74, 6) is 0. The Labute approximate surface area is 86.4 Å². The van der Waals surface area contributed by atoms with Crippen LogP contribution in [-0.2, 0) is 0 Å². The molecular weight excluding hydrogens is 82.1 g/mol. The molecule has 0 aromatic heterocycles. The minimum absolute atomic E-state index is 0. The Morgan fingerprint density at radius 1 is 1.00 bits per heavy atom. The van der Waals surface area contributed by atoms with Crippen LogP contribution < -0.4 is 0 Å². The zero-order valence-corrected chi connectivity index (χ0v) is 0. The van der Waals surface area contributed by atoms with E-state index >= 15 is 0 Å². The van der Waals surface area contributed by atoms with Crippen LogP contribution in [0, 0.1) is 0 Å². The first kappa shape index (κ1) is 29.9. The standard InChI is InChI=1S/BH3.Ca.Li.Mg.5H/h1H3;;;;;;;;. The fraction of sp³-hybridized carbons (Fsp3) is 0. The molecule has 0 aliphatic carbocycles. The summed E-state index contributed by atoms with van der Waals surface area (Å²) in [6.45, 7) is 0. The second-order valence-corrected chi connectivity index (χ2v) is 0. The summed E-state index contributed by atoms with van der Waals surface area (Å²) < 4.78 is 0. The molecule has 0 rings (SSSR count). The quantitative estimate of drug-likeness (QED) is 0.269. The topological polar surface area (TPSA) is 0 Å². The molecule has 0 radical (unpaired) electrons. The molecule has 4 heteroatoms. The van der Waals surface area contributed by atoms with Crippen LogP contribution in [-0.4, -0.2) is 88.1 Å². The van der Waals surface area contributed by atoms with Crippen molar-refractivity contribution >= 4 is 88.1 Å². The zero-order chi connectivity index (χ0) is 0. The van der Waals surface area contributed by atoms with E-state index in [9.17, 15) is 0 Å². The second kappa shape index (κ2) is 17.3. The third kappa shape index (κ3) is 8.82. The third-order valence-electron chi connectivity index (χ3n) is 0. The maximum atomic E-state index is 0. The van der Waals surface area contributed by atoms with Gasteiger partial charge in [-0.15, -0.1) is 0 Å². The van der Waals surface area contributed by atoms with Gasteiger partial charge in [0, 0.05) is 0 Å². The first-order valence-electron chi connectivity index (χ1n) is 0. The third-order valence-corrected chi connectivity index (χ3v) is 0. The average molecular weight is 90.2 g/mol. The van der Waals surface area contributed by atoms with Crippen molar-refractivity contribution in [2.75, 3.05) is 0 Å². The number of rotatable bonds is 0. The van der Waals surface area contributed by atoms with E-state index in [4.69, 9.17) is 0 Å². The molecule has 0 unspecified atom stereocenters. The van der Waals surface area contributed by atoms with Crippen molar-refractivity contribution in [1.82, 2.24) is 0 Å². The predicted octanol–water partition coefficient (Wildman–Crippen LogP) is -3.66. The van der Waals surface area contributed by atoms with Crippen molar-refractivity contribution in [2.24, 2.45) is 0 Å². The van der Waals surface area contributed by atoms with Crippen molar-refractivity contribution in [2.45, 2.75) is 0 Å². The first-order valence-corrected chi connectivity index (χ1v) is 0. The molecule has 0 saturated carbocycles. The van der Waals surface area contributed by atoms with Gasteiger partial charge in [-0.1, -0.05) is 0 Å². The van der Waals surface area contributed by atoms with Crippen LogP contribution in [0.25, 0.3) is 0 Å². The second-order valence-electron chi connectivity index (χ2n) is 0. The van der Waals surface area contributed by atoms with Crippen LogP contribution in [0.3, 0.4) is 0 Å². The fourth-order valence-electron chi connectivity index (χ4n) is 0. The molecule has 0 bridgehead atoms. The zero-order valence-electron chi connectivity index (χ0n) is 0. The van der Waals surface area contributed by atoms with Crippen LogP contribution in [0.2, 0.25) is 0 Å². The minimum atomic E-state index is 0. The summed E-state index contributed by atoms with van der Waals surface area (Å²) in [7, 11) is 0. The van der Waals surface area contributed by atoms with Crippen molar-refractivity contribution in [3.8, 4) is 0 Å². The van der Waals surface area contributed by atoms with Crippen LogP contribution in [0.15, 0.2) is 0 Å². The van der Waals surface area contributed by atoms with E-state index in [0.717, 1.165) is 0 Å². The Kier molecular flexibility index (Phi) is 130. The summed E-state index contributed by atoms with van der Waals surface area (Å²) in [6.07, 6.45) is 0. The van der Waals surface area contributed by atoms with E-state index in [2.05, 4.69) is 0 Å². The first-order chi connectivity index (χ1) is 0. The summed E-state index contributed by atoms with van der Waals surface area (Å²) in [4.78, 5) is 0. The maximum Gasteiger partial charge on any atom is 0.316 e. The summed E-state index contributed by atoms with van der Waals surface area (Å²) >= 11 is 0. The Hall–Kier alpha value is 2.69. The van der Waals surface area contributed by atoms with Crippen molar-refractivity contribution in [3.05, 3.63) is 0 Å². The Balaban J connectivity index is 0. The van der Waals surface area contributed by atoms with Gasteiger partial charge in [0.15, 0.2) is 0 Å². The van der Waals surface area contributed by atoms with E-state index in [1.165, 1.54) is 0 Å². The van der Waals surface area contributed by atoms with Crippen molar-refractivity contribution < 1.29 is 0 Å². The maximum absolute atomic E-state index is 0. The summed E-state index contributed by atoms with van der Waals surface area (Å²) in [5.41, 5.74) is 0. The van der Waals surface area contributed by atoms with Crippen LogP contribution >= 0.6 is 0 Å².